The Morgan fingerprint density at radius 2 is 1.68 bits per heavy atom. The molecule has 0 saturated heterocycles. The summed E-state index contributed by atoms with van der Waals surface area (Å²) in [4.78, 5) is 16.6. The van der Waals surface area contributed by atoms with Gasteiger partial charge in [0.25, 0.3) is 0 Å². The molecule has 2 aromatic rings. The van der Waals surface area contributed by atoms with Gasteiger partial charge >= 0.3 is 0 Å². The molecule has 5 nitrogen and oxygen atoms in total. The van der Waals surface area contributed by atoms with Gasteiger partial charge in [0.1, 0.15) is 0 Å². The largest absolute Gasteiger partial charge is 0.378 e. The lowest BCUT2D eigenvalue weighted by Crippen LogP contribution is -2.40. The number of nitrogens with zero attached hydrogens (tertiary/aromatic N) is 2. The number of carbonyl (C=O) groups excluding carboxylic acids is 1. The number of carbonyl (C=O) groups is 1. The van der Waals surface area contributed by atoms with E-state index < -0.39 is 5.41 Å². The maximum Gasteiger partial charge on any atom is 0.249 e. The van der Waals surface area contributed by atoms with Crippen LogP contribution in [-0.4, -0.2) is 49.7 Å². The van der Waals surface area contributed by atoms with Crippen LogP contribution in [0.1, 0.15) is 56.2 Å². The zero-order valence-electron chi connectivity index (χ0n) is 20.9. The molecule has 2 aromatic carbocycles. The Hall–Kier alpha value is -3.07. The Balaban J connectivity index is 1.56. The molecule has 1 aliphatic rings. The van der Waals surface area contributed by atoms with Crippen molar-refractivity contribution in [2.24, 2.45) is 5.41 Å². The summed E-state index contributed by atoms with van der Waals surface area (Å²) in [6, 6.07) is 16.8. The lowest BCUT2D eigenvalue weighted by atomic mass is 9.81. The van der Waals surface area contributed by atoms with E-state index in [9.17, 15) is 4.79 Å². The van der Waals surface area contributed by atoms with Crippen molar-refractivity contribution in [1.82, 2.24) is 10.4 Å². The van der Waals surface area contributed by atoms with Crippen LogP contribution in [0.5, 0.6) is 0 Å². The van der Waals surface area contributed by atoms with Crippen LogP contribution in [0.4, 0.5) is 5.69 Å². The van der Waals surface area contributed by atoms with E-state index in [1.807, 2.05) is 26.5 Å². The van der Waals surface area contributed by atoms with Gasteiger partial charge in [-0.2, -0.15) is 0 Å². The Morgan fingerprint density at radius 1 is 1.06 bits per heavy atom. The van der Waals surface area contributed by atoms with E-state index in [1.54, 1.807) is 0 Å². The minimum atomic E-state index is -0.529. The van der Waals surface area contributed by atoms with Gasteiger partial charge in [-0.1, -0.05) is 50.3 Å². The Morgan fingerprint density at radius 3 is 2.18 bits per heavy atom. The molecular formula is C29H37N3O2. The number of amides is 1. The van der Waals surface area contributed by atoms with Crippen molar-refractivity contribution in [2.45, 2.75) is 39.5 Å². The second-order valence-electron chi connectivity index (χ2n) is 9.55. The minimum Gasteiger partial charge on any atom is -0.378 e. The number of nitrogens with one attached hydrogen (secondary N) is 1. The lowest BCUT2D eigenvalue weighted by Gasteiger charge is -2.32. The van der Waals surface area contributed by atoms with Gasteiger partial charge in [-0.05, 0) is 73.3 Å². The average Bonchev–Trinajstić information content (AvgIpc) is 2.87. The van der Waals surface area contributed by atoms with Crippen LogP contribution in [0.25, 0.3) is 5.57 Å². The summed E-state index contributed by atoms with van der Waals surface area (Å²) in [5, 5.41) is 9.10. The lowest BCUT2D eigenvalue weighted by molar-refractivity contribution is -0.140. The third-order valence-corrected chi connectivity index (χ3v) is 6.72. The monoisotopic (exact) mass is 459 g/mol. The molecule has 2 N–H and O–H groups in total. The van der Waals surface area contributed by atoms with Crippen LogP contribution in [0.15, 0.2) is 54.6 Å². The zero-order chi connectivity index (χ0) is 24.6. The van der Waals surface area contributed by atoms with Crippen molar-refractivity contribution in [3.05, 3.63) is 71.3 Å². The number of rotatable bonds is 8. The van der Waals surface area contributed by atoms with Crippen LogP contribution >= 0.6 is 0 Å². The van der Waals surface area contributed by atoms with E-state index in [2.05, 4.69) is 83.2 Å². The molecule has 1 unspecified atom stereocenters. The molecule has 0 radical (unpaired) electrons. The molecule has 1 heterocycles. The molecule has 180 valence electrons. The van der Waals surface area contributed by atoms with Crippen molar-refractivity contribution in [2.75, 3.05) is 38.6 Å². The second kappa shape index (κ2) is 11.9. The fourth-order valence-corrected chi connectivity index (χ4v) is 4.38. The van der Waals surface area contributed by atoms with Crippen molar-refractivity contribution in [3.8, 4) is 11.8 Å². The maximum absolute atomic E-state index is 12.1. The third kappa shape index (κ3) is 6.72. The molecule has 5 heteroatoms. The molecule has 0 fully saturated rings. The van der Waals surface area contributed by atoms with E-state index in [4.69, 9.17) is 5.21 Å². The highest BCUT2D eigenvalue weighted by Gasteiger charge is 2.32. The van der Waals surface area contributed by atoms with E-state index in [0.29, 0.717) is 0 Å². The fourth-order valence-electron chi connectivity index (χ4n) is 4.38. The predicted octanol–water partition coefficient (Wildman–Crippen LogP) is 4.94. The standard InChI is InChI=1S/C29H37N3O2/c1-5-18-29(2,28(33)30-34)19-22-32-20-16-26(17-21-32)25-12-8-23(9-13-25)6-7-24-10-14-27(15-11-24)31(3)4/h8-16,34H,5,17-22H2,1-4H3,(H,30,33). The number of hydroxylamine groups is 1. The predicted molar refractivity (Wildman–Crippen MR) is 140 cm³/mol. The zero-order valence-corrected chi connectivity index (χ0v) is 20.9. The van der Waals surface area contributed by atoms with Gasteiger partial charge in [-0.3, -0.25) is 14.9 Å². The van der Waals surface area contributed by atoms with Crippen LogP contribution in [0, 0.1) is 17.3 Å². The third-order valence-electron chi connectivity index (χ3n) is 6.72. The van der Waals surface area contributed by atoms with Gasteiger partial charge in [0.15, 0.2) is 0 Å². The second-order valence-corrected chi connectivity index (χ2v) is 9.55. The topological polar surface area (TPSA) is 55.8 Å². The van der Waals surface area contributed by atoms with Gasteiger partial charge < -0.3 is 4.90 Å². The highest BCUT2D eigenvalue weighted by molar-refractivity contribution is 5.81. The first-order chi connectivity index (χ1) is 16.3. The quantitative estimate of drug-likeness (QED) is 0.333. The van der Waals surface area contributed by atoms with E-state index in [0.717, 1.165) is 56.4 Å². The molecular weight excluding hydrogens is 422 g/mol. The van der Waals surface area contributed by atoms with Crippen LogP contribution in [-0.2, 0) is 4.79 Å². The van der Waals surface area contributed by atoms with Gasteiger partial charge in [0.05, 0.1) is 0 Å². The first-order valence-corrected chi connectivity index (χ1v) is 12.1. The first kappa shape index (κ1) is 25.6. The number of benzene rings is 2. The van der Waals surface area contributed by atoms with Crippen molar-refractivity contribution in [3.63, 3.8) is 0 Å². The Bertz CT molecular complexity index is 1050. The Labute approximate surface area is 204 Å². The summed E-state index contributed by atoms with van der Waals surface area (Å²) < 4.78 is 0. The minimum absolute atomic E-state index is 0.281. The van der Waals surface area contributed by atoms with E-state index >= 15 is 0 Å². The molecule has 1 amide bonds. The van der Waals surface area contributed by atoms with Gasteiger partial charge in [-0.25, -0.2) is 5.48 Å². The van der Waals surface area contributed by atoms with E-state index in [1.165, 1.54) is 16.8 Å². The molecule has 1 atom stereocenters. The highest BCUT2D eigenvalue weighted by atomic mass is 16.5. The van der Waals surface area contributed by atoms with Gasteiger partial charge in [0.2, 0.25) is 5.91 Å². The summed E-state index contributed by atoms with van der Waals surface area (Å²) in [7, 11) is 4.06. The summed E-state index contributed by atoms with van der Waals surface area (Å²) in [5.74, 6) is 6.22. The number of hydrogen-bond acceptors (Lipinski definition) is 4. The average molecular weight is 460 g/mol. The van der Waals surface area contributed by atoms with Crippen molar-refractivity contribution >= 4 is 17.2 Å². The van der Waals surface area contributed by atoms with Crippen molar-refractivity contribution < 1.29 is 10.0 Å². The molecule has 0 aromatic heterocycles. The van der Waals surface area contributed by atoms with Crippen molar-refractivity contribution in [1.29, 1.82) is 0 Å². The fraction of sp³-hybridized carbons (Fsp3) is 0.414. The molecule has 0 aliphatic carbocycles. The normalized spacial score (nSPS) is 15.5. The SMILES string of the molecule is CCCC(C)(CCN1CC=C(c2ccc(C#Cc3ccc(N(C)C)cc3)cc2)CC1)C(=O)NO. The molecule has 0 spiro atoms. The molecule has 0 bridgehead atoms. The summed E-state index contributed by atoms with van der Waals surface area (Å²) in [5.41, 5.74) is 7.12. The number of anilines is 1. The molecule has 1 aliphatic heterocycles. The van der Waals surface area contributed by atoms with Gasteiger partial charge in [0, 0.05) is 49.4 Å². The summed E-state index contributed by atoms with van der Waals surface area (Å²) >= 11 is 0. The molecule has 0 saturated carbocycles. The summed E-state index contributed by atoms with van der Waals surface area (Å²) in [6.45, 7) is 6.70. The molecule has 34 heavy (non-hydrogen) atoms. The maximum atomic E-state index is 12.1. The summed E-state index contributed by atoms with van der Waals surface area (Å²) in [6.07, 6.45) is 5.70. The Kier molecular flexibility index (Phi) is 8.92. The van der Waals surface area contributed by atoms with Crippen LogP contribution < -0.4 is 10.4 Å². The first-order valence-electron chi connectivity index (χ1n) is 12.1. The molecule has 3 rings (SSSR count). The highest BCUT2D eigenvalue weighted by Crippen LogP contribution is 2.29. The van der Waals surface area contributed by atoms with Crippen LogP contribution in [0.3, 0.4) is 0 Å². The smallest absolute Gasteiger partial charge is 0.249 e. The van der Waals surface area contributed by atoms with E-state index in [-0.39, 0.29) is 5.91 Å². The van der Waals surface area contributed by atoms with Gasteiger partial charge in [-0.15, -0.1) is 0 Å². The van der Waals surface area contributed by atoms with Crippen LogP contribution in [0.2, 0.25) is 0 Å². The number of hydrogen-bond donors (Lipinski definition) is 2.